The van der Waals surface area contributed by atoms with Crippen LogP contribution in [0.1, 0.15) is 23.9 Å². The van der Waals surface area contributed by atoms with E-state index in [1.54, 1.807) is 12.3 Å². The summed E-state index contributed by atoms with van der Waals surface area (Å²) >= 11 is 0. The Kier molecular flexibility index (Phi) is 3.04. The second-order valence-corrected chi connectivity index (χ2v) is 3.90. The van der Waals surface area contributed by atoms with Crippen molar-refractivity contribution in [1.82, 2.24) is 9.55 Å². The maximum absolute atomic E-state index is 13.1. The van der Waals surface area contributed by atoms with Crippen LogP contribution in [0.25, 0.3) is 0 Å². The third-order valence-corrected chi connectivity index (χ3v) is 2.77. The Morgan fingerprint density at radius 3 is 2.94 bits per heavy atom. The molecular weight excluding hydrogens is 203 g/mol. The van der Waals surface area contributed by atoms with Crippen LogP contribution >= 0.6 is 0 Å². The van der Waals surface area contributed by atoms with Gasteiger partial charge in [-0.3, -0.25) is 0 Å². The molecule has 0 unspecified atom stereocenters. The first-order chi connectivity index (χ1) is 7.70. The number of hydrogen-bond donors (Lipinski definition) is 0. The molecule has 0 aliphatic rings. The summed E-state index contributed by atoms with van der Waals surface area (Å²) in [6.07, 6.45) is 4.61. The number of benzene rings is 1. The zero-order valence-electron chi connectivity index (χ0n) is 9.57. The van der Waals surface area contributed by atoms with Gasteiger partial charge in [-0.2, -0.15) is 0 Å². The van der Waals surface area contributed by atoms with Gasteiger partial charge in [-0.25, -0.2) is 9.37 Å². The number of hydrogen-bond acceptors (Lipinski definition) is 1. The second kappa shape index (κ2) is 4.47. The van der Waals surface area contributed by atoms with Gasteiger partial charge in [0.05, 0.1) is 0 Å². The lowest BCUT2D eigenvalue weighted by molar-refractivity contribution is 0.621. The monoisotopic (exact) mass is 218 g/mol. The average molecular weight is 218 g/mol. The molecule has 0 aliphatic heterocycles. The van der Waals surface area contributed by atoms with Gasteiger partial charge < -0.3 is 4.57 Å². The van der Waals surface area contributed by atoms with E-state index in [-0.39, 0.29) is 5.82 Å². The van der Waals surface area contributed by atoms with Crippen LogP contribution in [-0.4, -0.2) is 9.55 Å². The van der Waals surface area contributed by atoms with Crippen LogP contribution in [-0.2, 0) is 13.0 Å². The lowest BCUT2D eigenvalue weighted by Gasteiger charge is -2.09. The fourth-order valence-corrected chi connectivity index (χ4v) is 1.79. The van der Waals surface area contributed by atoms with Crippen molar-refractivity contribution < 1.29 is 4.39 Å². The summed E-state index contributed by atoms with van der Waals surface area (Å²) in [7, 11) is 0. The zero-order valence-corrected chi connectivity index (χ0v) is 9.57. The van der Waals surface area contributed by atoms with Gasteiger partial charge in [-0.05, 0) is 30.2 Å². The fraction of sp³-hybridized carbons (Fsp3) is 0.308. The normalized spacial score (nSPS) is 10.7. The minimum atomic E-state index is -0.182. The van der Waals surface area contributed by atoms with E-state index in [4.69, 9.17) is 0 Å². The molecule has 0 spiro atoms. The molecule has 1 heterocycles. The van der Waals surface area contributed by atoms with Gasteiger partial charge in [0.1, 0.15) is 11.6 Å². The summed E-state index contributed by atoms with van der Waals surface area (Å²) in [5.41, 5.74) is 2.12. The lowest BCUT2D eigenvalue weighted by Crippen LogP contribution is -2.05. The molecule has 0 N–H and O–H groups in total. The standard InChI is InChI=1S/C13H15FN2/c1-3-13-15-6-7-16(13)9-11-8-12(14)5-4-10(11)2/h4-8H,3,9H2,1-2H3. The summed E-state index contributed by atoms with van der Waals surface area (Å²) < 4.78 is 15.2. The average Bonchev–Trinajstić information content (AvgIpc) is 2.71. The summed E-state index contributed by atoms with van der Waals surface area (Å²) in [5, 5.41) is 0. The van der Waals surface area contributed by atoms with E-state index in [9.17, 15) is 4.39 Å². The first-order valence-electron chi connectivity index (χ1n) is 5.45. The molecule has 0 atom stereocenters. The molecule has 16 heavy (non-hydrogen) atoms. The third kappa shape index (κ3) is 2.13. The van der Waals surface area contributed by atoms with Crippen LogP contribution in [0.5, 0.6) is 0 Å². The van der Waals surface area contributed by atoms with Gasteiger partial charge in [-0.15, -0.1) is 0 Å². The highest BCUT2D eigenvalue weighted by molar-refractivity contribution is 5.27. The quantitative estimate of drug-likeness (QED) is 0.774. The van der Waals surface area contributed by atoms with E-state index in [2.05, 4.69) is 16.5 Å². The Morgan fingerprint density at radius 2 is 2.19 bits per heavy atom. The van der Waals surface area contributed by atoms with Gasteiger partial charge in [0, 0.05) is 25.4 Å². The lowest BCUT2D eigenvalue weighted by atomic mass is 10.1. The summed E-state index contributed by atoms with van der Waals surface area (Å²) in [5.74, 6) is 0.849. The van der Waals surface area contributed by atoms with Crippen LogP contribution in [0.2, 0.25) is 0 Å². The van der Waals surface area contributed by atoms with Gasteiger partial charge >= 0.3 is 0 Å². The Morgan fingerprint density at radius 1 is 1.38 bits per heavy atom. The molecule has 0 bridgehead atoms. The van der Waals surface area contributed by atoms with Gasteiger partial charge in [-0.1, -0.05) is 13.0 Å². The van der Waals surface area contributed by atoms with Crippen molar-refractivity contribution in [3.8, 4) is 0 Å². The van der Waals surface area contributed by atoms with Gasteiger partial charge in [0.25, 0.3) is 0 Å². The van der Waals surface area contributed by atoms with E-state index in [1.165, 1.54) is 6.07 Å². The molecular formula is C13H15FN2. The first-order valence-corrected chi connectivity index (χ1v) is 5.45. The Hall–Kier alpha value is -1.64. The number of rotatable bonds is 3. The fourth-order valence-electron chi connectivity index (χ4n) is 1.79. The van der Waals surface area contributed by atoms with Crippen molar-refractivity contribution in [2.24, 2.45) is 0 Å². The zero-order chi connectivity index (χ0) is 11.5. The van der Waals surface area contributed by atoms with Crippen molar-refractivity contribution in [1.29, 1.82) is 0 Å². The predicted molar refractivity (Wildman–Crippen MR) is 61.8 cm³/mol. The number of imidazole rings is 1. The third-order valence-electron chi connectivity index (χ3n) is 2.77. The number of aromatic nitrogens is 2. The second-order valence-electron chi connectivity index (χ2n) is 3.90. The van der Waals surface area contributed by atoms with Crippen molar-refractivity contribution in [3.05, 3.63) is 53.4 Å². The minimum Gasteiger partial charge on any atom is -0.331 e. The molecule has 2 nitrogen and oxygen atoms in total. The Balaban J connectivity index is 2.30. The molecule has 2 rings (SSSR count). The number of halogens is 1. The summed E-state index contributed by atoms with van der Waals surface area (Å²) in [6.45, 7) is 4.75. The van der Waals surface area contributed by atoms with Crippen LogP contribution in [0.15, 0.2) is 30.6 Å². The molecule has 0 saturated heterocycles. The molecule has 0 fully saturated rings. The van der Waals surface area contributed by atoms with Gasteiger partial charge in [0.2, 0.25) is 0 Å². The topological polar surface area (TPSA) is 17.8 Å². The highest BCUT2D eigenvalue weighted by Gasteiger charge is 2.04. The van der Waals surface area contributed by atoms with Crippen molar-refractivity contribution >= 4 is 0 Å². The molecule has 0 aliphatic carbocycles. The van der Waals surface area contributed by atoms with Crippen molar-refractivity contribution in [2.75, 3.05) is 0 Å². The van der Waals surface area contributed by atoms with E-state index in [0.717, 1.165) is 23.4 Å². The molecule has 1 aromatic heterocycles. The largest absolute Gasteiger partial charge is 0.331 e. The highest BCUT2D eigenvalue weighted by atomic mass is 19.1. The summed E-state index contributed by atoms with van der Waals surface area (Å²) in [4.78, 5) is 4.25. The smallest absolute Gasteiger partial charge is 0.123 e. The van der Waals surface area contributed by atoms with Crippen molar-refractivity contribution in [2.45, 2.75) is 26.8 Å². The first kappa shape index (κ1) is 10.9. The molecule has 0 amide bonds. The Bertz CT molecular complexity index is 488. The minimum absolute atomic E-state index is 0.182. The Labute approximate surface area is 94.8 Å². The number of aryl methyl sites for hydroxylation is 2. The van der Waals surface area contributed by atoms with Crippen LogP contribution in [0, 0.1) is 12.7 Å². The van der Waals surface area contributed by atoms with E-state index in [1.807, 2.05) is 19.2 Å². The molecule has 3 heteroatoms. The maximum atomic E-state index is 13.1. The van der Waals surface area contributed by atoms with Crippen LogP contribution < -0.4 is 0 Å². The van der Waals surface area contributed by atoms with E-state index >= 15 is 0 Å². The molecule has 0 saturated carbocycles. The van der Waals surface area contributed by atoms with E-state index < -0.39 is 0 Å². The highest BCUT2D eigenvalue weighted by Crippen LogP contribution is 2.13. The van der Waals surface area contributed by atoms with Gasteiger partial charge in [0.15, 0.2) is 0 Å². The molecule has 1 aromatic carbocycles. The molecule has 84 valence electrons. The predicted octanol–water partition coefficient (Wildman–Crippen LogP) is 2.94. The maximum Gasteiger partial charge on any atom is 0.123 e. The SMILES string of the molecule is CCc1nccn1Cc1cc(F)ccc1C. The molecule has 0 radical (unpaired) electrons. The van der Waals surface area contributed by atoms with Crippen LogP contribution in [0.4, 0.5) is 4.39 Å². The molecule has 2 aromatic rings. The van der Waals surface area contributed by atoms with E-state index in [0.29, 0.717) is 6.54 Å². The van der Waals surface area contributed by atoms with Crippen LogP contribution in [0.3, 0.4) is 0 Å². The van der Waals surface area contributed by atoms with Crippen molar-refractivity contribution in [3.63, 3.8) is 0 Å². The summed E-state index contributed by atoms with van der Waals surface area (Å²) in [6, 6.07) is 4.90. The number of nitrogens with zero attached hydrogens (tertiary/aromatic N) is 2.